The molecule has 1 N–H and O–H groups in total. The molecule has 0 spiro atoms. The number of amides is 2. The molecule has 24 heavy (non-hydrogen) atoms. The minimum Gasteiger partial charge on any atom is -0.447 e. The first-order valence-electron chi connectivity index (χ1n) is 7.50. The van der Waals surface area contributed by atoms with Gasteiger partial charge in [-0.25, -0.2) is 4.79 Å². The van der Waals surface area contributed by atoms with Gasteiger partial charge in [0.15, 0.2) is 0 Å². The molecule has 1 aromatic heterocycles. The maximum Gasteiger partial charge on any atom is 0.414 e. The van der Waals surface area contributed by atoms with Crippen molar-refractivity contribution in [3.8, 4) is 11.8 Å². The molecule has 0 aliphatic carbocycles. The van der Waals surface area contributed by atoms with E-state index in [1.807, 2.05) is 42.6 Å². The van der Waals surface area contributed by atoms with E-state index in [4.69, 9.17) is 4.74 Å². The van der Waals surface area contributed by atoms with Crippen LogP contribution >= 0.6 is 11.3 Å². The number of nitrogens with zero attached hydrogens (tertiary/aromatic N) is 1. The van der Waals surface area contributed by atoms with Crippen LogP contribution in [0.15, 0.2) is 35.7 Å². The summed E-state index contributed by atoms with van der Waals surface area (Å²) in [5.41, 5.74) is 2.70. The second-order valence-corrected chi connectivity index (χ2v) is 6.20. The zero-order chi connectivity index (χ0) is 16.9. The van der Waals surface area contributed by atoms with Crippen LogP contribution in [0.4, 0.5) is 10.5 Å². The number of hydrogen-bond acceptors (Lipinski definition) is 4. The van der Waals surface area contributed by atoms with Crippen molar-refractivity contribution in [2.45, 2.75) is 6.92 Å². The molecule has 0 unspecified atom stereocenters. The number of carbonyl (C=O) groups is 2. The summed E-state index contributed by atoms with van der Waals surface area (Å²) in [6, 6.07) is 9.22. The summed E-state index contributed by atoms with van der Waals surface area (Å²) in [6.45, 7) is 3.23. The monoisotopic (exact) mass is 340 g/mol. The van der Waals surface area contributed by atoms with Gasteiger partial charge in [0.1, 0.15) is 6.61 Å². The number of thiophene rings is 1. The van der Waals surface area contributed by atoms with Gasteiger partial charge in [0.25, 0.3) is 5.91 Å². The Balaban J connectivity index is 1.54. The Morgan fingerprint density at radius 3 is 2.79 bits per heavy atom. The van der Waals surface area contributed by atoms with Crippen LogP contribution in [0.5, 0.6) is 0 Å². The van der Waals surface area contributed by atoms with Gasteiger partial charge in [-0.15, -0.1) is 11.3 Å². The molecule has 2 aromatic rings. The van der Waals surface area contributed by atoms with Crippen LogP contribution in [-0.4, -0.2) is 31.7 Å². The van der Waals surface area contributed by atoms with Crippen molar-refractivity contribution >= 4 is 29.0 Å². The number of aryl methyl sites for hydroxylation is 1. The highest BCUT2D eigenvalue weighted by molar-refractivity contribution is 7.12. The van der Waals surface area contributed by atoms with Crippen molar-refractivity contribution in [3.63, 3.8) is 0 Å². The summed E-state index contributed by atoms with van der Waals surface area (Å²) in [6.07, 6.45) is -0.319. The van der Waals surface area contributed by atoms with E-state index in [1.54, 1.807) is 4.90 Å². The van der Waals surface area contributed by atoms with Gasteiger partial charge in [-0.2, -0.15) is 0 Å². The van der Waals surface area contributed by atoms with Gasteiger partial charge in [-0.05, 0) is 48.2 Å². The molecular weight excluding hydrogens is 324 g/mol. The smallest absolute Gasteiger partial charge is 0.414 e. The van der Waals surface area contributed by atoms with Gasteiger partial charge in [-0.3, -0.25) is 9.69 Å². The number of anilines is 1. The van der Waals surface area contributed by atoms with E-state index in [0.29, 0.717) is 18.0 Å². The van der Waals surface area contributed by atoms with Gasteiger partial charge in [0.2, 0.25) is 0 Å². The van der Waals surface area contributed by atoms with Crippen LogP contribution in [-0.2, 0) is 4.74 Å². The first kappa shape index (κ1) is 16.1. The van der Waals surface area contributed by atoms with Crippen LogP contribution in [0.2, 0.25) is 0 Å². The highest BCUT2D eigenvalue weighted by Crippen LogP contribution is 2.18. The number of cyclic esters (lactones) is 1. The molecule has 122 valence electrons. The lowest BCUT2D eigenvalue weighted by Crippen LogP contribution is -2.23. The van der Waals surface area contributed by atoms with Gasteiger partial charge in [-0.1, -0.05) is 11.8 Å². The molecule has 2 amide bonds. The molecule has 1 aliphatic heterocycles. The Hall–Kier alpha value is -2.78. The summed E-state index contributed by atoms with van der Waals surface area (Å²) >= 11 is 1.42. The molecule has 5 nitrogen and oxygen atoms in total. The van der Waals surface area contributed by atoms with Crippen molar-refractivity contribution in [2.24, 2.45) is 0 Å². The molecule has 1 fully saturated rings. The van der Waals surface area contributed by atoms with Crippen molar-refractivity contribution in [1.29, 1.82) is 0 Å². The van der Waals surface area contributed by atoms with E-state index in [0.717, 1.165) is 16.8 Å². The highest BCUT2D eigenvalue weighted by Gasteiger charge is 2.23. The van der Waals surface area contributed by atoms with Crippen LogP contribution in [0, 0.1) is 18.8 Å². The summed E-state index contributed by atoms with van der Waals surface area (Å²) in [7, 11) is 0. The Kier molecular flexibility index (Phi) is 4.82. The van der Waals surface area contributed by atoms with Gasteiger partial charge >= 0.3 is 6.09 Å². The molecule has 0 atom stereocenters. The third kappa shape index (κ3) is 3.76. The largest absolute Gasteiger partial charge is 0.447 e. The Bertz CT molecular complexity index is 815. The molecule has 0 radical (unpaired) electrons. The molecule has 1 aromatic carbocycles. The standard InChI is InChI=1S/C18H16N2O3S/c1-13-11-16(24-12-13)17(21)19-8-2-3-14-4-6-15(7-5-14)20-9-10-23-18(20)22/h4-7,11-12H,8-10H2,1H3,(H,19,21). The number of benzene rings is 1. The predicted octanol–water partition coefficient (Wildman–Crippen LogP) is 2.79. The molecule has 2 heterocycles. The molecular formula is C18H16N2O3S. The van der Waals surface area contributed by atoms with Gasteiger partial charge < -0.3 is 10.1 Å². The van der Waals surface area contributed by atoms with E-state index in [-0.39, 0.29) is 18.5 Å². The zero-order valence-corrected chi connectivity index (χ0v) is 14.0. The average Bonchev–Trinajstić information content (AvgIpc) is 3.20. The molecule has 1 aliphatic rings. The maximum absolute atomic E-state index is 11.9. The predicted molar refractivity (Wildman–Crippen MR) is 93.4 cm³/mol. The van der Waals surface area contributed by atoms with Crippen molar-refractivity contribution in [1.82, 2.24) is 5.32 Å². The topological polar surface area (TPSA) is 58.6 Å². The van der Waals surface area contributed by atoms with Crippen molar-refractivity contribution < 1.29 is 14.3 Å². The van der Waals surface area contributed by atoms with E-state index in [1.165, 1.54) is 11.3 Å². The Morgan fingerprint density at radius 2 is 2.17 bits per heavy atom. The third-order valence-corrected chi connectivity index (χ3v) is 4.51. The lowest BCUT2D eigenvalue weighted by molar-refractivity contribution is 0.0962. The third-order valence-electron chi connectivity index (χ3n) is 3.46. The van der Waals surface area contributed by atoms with Gasteiger partial charge in [0.05, 0.1) is 18.0 Å². The first-order chi connectivity index (χ1) is 11.6. The second-order valence-electron chi connectivity index (χ2n) is 5.29. The van der Waals surface area contributed by atoms with Crippen molar-refractivity contribution in [2.75, 3.05) is 24.6 Å². The van der Waals surface area contributed by atoms with E-state index in [9.17, 15) is 9.59 Å². The average molecular weight is 340 g/mol. The second kappa shape index (κ2) is 7.20. The number of carbonyl (C=O) groups excluding carboxylic acids is 2. The Labute approximate surface area is 144 Å². The number of nitrogens with one attached hydrogen (secondary N) is 1. The fourth-order valence-corrected chi connectivity index (χ4v) is 3.07. The lowest BCUT2D eigenvalue weighted by Gasteiger charge is -2.11. The summed E-state index contributed by atoms with van der Waals surface area (Å²) in [5, 5.41) is 4.72. The van der Waals surface area contributed by atoms with E-state index < -0.39 is 0 Å². The minimum atomic E-state index is -0.319. The van der Waals surface area contributed by atoms with Crippen LogP contribution in [0.1, 0.15) is 20.8 Å². The molecule has 1 saturated heterocycles. The first-order valence-corrected chi connectivity index (χ1v) is 8.38. The van der Waals surface area contributed by atoms with E-state index in [2.05, 4.69) is 17.2 Å². The number of hydrogen-bond donors (Lipinski definition) is 1. The highest BCUT2D eigenvalue weighted by atomic mass is 32.1. The lowest BCUT2D eigenvalue weighted by atomic mass is 10.2. The SMILES string of the molecule is Cc1csc(C(=O)NCC#Cc2ccc(N3CCOC3=O)cc2)c1. The van der Waals surface area contributed by atoms with Crippen molar-refractivity contribution in [3.05, 3.63) is 51.7 Å². The molecule has 6 heteroatoms. The quantitative estimate of drug-likeness (QED) is 0.874. The summed E-state index contributed by atoms with van der Waals surface area (Å²) in [5.74, 6) is 5.81. The summed E-state index contributed by atoms with van der Waals surface area (Å²) < 4.78 is 4.91. The fraction of sp³-hybridized carbons (Fsp3) is 0.222. The number of rotatable bonds is 3. The Morgan fingerprint density at radius 1 is 1.38 bits per heavy atom. The normalized spacial score (nSPS) is 13.2. The van der Waals surface area contributed by atoms with E-state index >= 15 is 0 Å². The van der Waals surface area contributed by atoms with Crippen LogP contribution < -0.4 is 10.2 Å². The van der Waals surface area contributed by atoms with Gasteiger partial charge in [0, 0.05) is 11.3 Å². The van der Waals surface area contributed by atoms with Crippen LogP contribution in [0.3, 0.4) is 0 Å². The number of ether oxygens (including phenoxy) is 1. The minimum absolute atomic E-state index is 0.106. The summed E-state index contributed by atoms with van der Waals surface area (Å²) in [4.78, 5) is 25.6. The molecule has 0 bridgehead atoms. The molecule has 0 saturated carbocycles. The fourth-order valence-electron chi connectivity index (χ4n) is 2.26. The zero-order valence-electron chi connectivity index (χ0n) is 13.2. The van der Waals surface area contributed by atoms with Crippen LogP contribution in [0.25, 0.3) is 0 Å². The molecule has 3 rings (SSSR count). The maximum atomic E-state index is 11.9.